The van der Waals surface area contributed by atoms with Gasteiger partial charge in [0.25, 0.3) is 0 Å². The molecule has 2 rings (SSSR count). The number of esters is 1. The fourth-order valence-corrected chi connectivity index (χ4v) is 2.07. The molecule has 0 saturated carbocycles. The standard InChI is InChI=1S/C17H20N2O5/c1-22-12-11-19(10-9-17(21)23-2)16(20)8-7-15-18-13-5-3-4-6-14(13)24-15/h3-8H,9-12H2,1-2H3/b8-7+. The van der Waals surface area contributed by atoms with Crippen molar-refractivity contribution in [3.8, 4) is 0 Å². The Labute approximate surface area is 139 Å². The lowest BCUT2D eigenvalue weighted by atomic mass is 10.3. The first kappa shape index (κ1) is 17.7. The summed E-state index contributed by atoms with van der Waals surface area (Å²) in [6, 6.07) is 7.36. The maximum absolute atomic E-state index is 12.3. The molecule has 0 unspecified atom stereocenters. The molecular formula is C17H20N2O5. The van der Waals surface area contributed by atoms with E-state index in [-0.39, 0.29) is 24.8 Å². The third-order valence-corrected chi connectivity index (χ3v) is 3.37. The molecule has 1 amide bonds. The van der Waals surface area contributed by atoms with Crippen molar-refractivity contribution in [1.29, 1.82) is 0 Å². The fraction of sp³-hybridized carbons (Fsp3) is 0.353. The number of amides is 1. The second kappa shape index (κ2) is 8.83. The molecular weight excluding hydrogens is 312 g/mol. The number of benzene rings is 1. The van der Waals surface area contributed by atoms with Crippen LogP contribution in [0.25, 0.3) is 17.2 Å². The Bertz CT molecular complexity index is 690. The number of hydrogen-bond donors (Lipinski definition) is 0. The molecule has 0 bridgehead atoms. The highest BCUT2D eigenvalue weighted by atomic mass is 16.5. The Morgan fingerprint density at radius 3 is 2.75 bits per heavy atom. The van der Waals surface area contributed by atoms with Crippen LogP contribution >= 0.6 is 0 Å². The summed E-state index contributed by atoms with van der Waals surface area (Å²) in [5.41, 5.74) is 1.39. The maximum atomic E-state index is 12.3. The second-order valence-corrected chi connectivity index (χ2v) is 5.00. The predicted octanol–water partition coefficient (Wildman–Crippen LogP) is 1.88. The lowest BCUT2D eigenvalue weighted by molar-refractivity contribution is -0.141. The first-order chi connectivity index (χ1) is 11.6. The average Bonchev–Trinajstić information content (AvgIpc) is 3.02. The molecule has 0 aliphatic rings. The van der Waals surface area contributed by atoms with Gasteiger partial charge in [-0.3, -0.25) is 9.59 Å². The van der Waals surface area contributed by atoms with E-state index in [1.54, 1.807) is 7.11 Å². The van der Waals surface area contributed by atoms with E-state index in [4.69, 9.17) is 9.15 Å². The highest BCUT2D eigenvalue weighted by Gasteiger charge is 2.13. The minimum absolute atomic E-state index is 0.128. The smallest absolute Gasteiger partial charge is 0.307 e. The normalized spacial score (nSPS) is 11.1. The molecule has 0 aliphatic heterocycles. The fourth-order valence-electron chi connectivity index (χ4n) is 2.07. The molecule has 0 saturated heterocycles. The first-order valence-corrected chi connectivity index (χ1v) is 7.52. The quantitative estimate of drug-likeness (QED) is 0.542. The molecule has 1 heterocycles. The van der Waals surface area contributed by atoms with Crippen LogP contribution in [0.5, 0.6) is 0 Å². The van der Waals surface area contributed by atoms with E-state index in [0.717, 1.165) is 5.52 Å². The van der Waals surface area contributed by atoms with Crippen LogP contribution in [0.1, 0.15) is 12.3 Å². The van der Waals surface area contributed by atoms with Crippen molar-refractivity contribution in [1.82, 2.24) is 9.88 Å². The van der Waals surface area contributed by atoms with Gasteiger partial charge in [-0.1, -0.05) is 12.1 Å². The van der Waals surface area contributed by atoms with Gasteiger partial charge >= 0.3 is 5.97 Å². The minimum atomic E-state index is -0.367. The van der Waals surface area contributed by atoms with Crippen LogP contribution in [0.4, 0.5) is 0 Å². The number of rotatable bonds is 8. The lowest BCUT2D eigenvalue weighted by Crippen LogP contribution is -2.34. The monoisotopic (exact) mass is 332 g/mol. The second-order valence-electron chi connectivity index (χ2n) is 5.00. The molecule has 7 heteroatoms. The number of aromatic nitrogens is 1. The largest absolute Gasteiger partial charge is 0.469 e. The van der Waals surface area contributed by atoms with E-state index in [2.05, 4.69) is 9.72 Å². The Balaban J connectivity index is 2.02. The van der Waals surface area contributed by atoms with Crippen LogP contribution in [0.2, 0.25) is 0 Å². The summed E-state index contributed by atoms with van der Waals surface area (Å²) >= 11 is 0. The maximum Gasteiger partial charge on any atom is 0.307 e. The van der Waals surface area contributed by atoms with Gasteiger partial charge < -0.3 is 18.8 Å². The molecule has 0 fully saturated rings. The van der Waals surface area contributed by atoms with E-state index in [1.807, 2.05) is 24.3 Å². The molecule has 0 atom stereocenters. The molecule has 0 N–H and O–H groups in total. The number of nitrogens with zero attached hydrogens (tertiary/aromatic N) is 2. The molecule has 1 aromatic heterocycles. The molecule has 2 aromatic rings. The number of carbonyl (C=O) groups excluding carboxylic acids is 2. The van der Waals surface area contributed by atoms with E-state index >= 15 is 0 Å². The first-order valence-electron chi connectivity index (χ1n) is 7.52. The topological polar surface area (TPSA) is 81.9 Å². The third-order valence-electron chi connectivity index (χ3n) is 3.37. The van der Waals surface area contributed by atoms with Crippen molar-refractivity contribution >= 4 is 29.1 Å². The highest BCUT2D eigenvalue weighted by Crippen LogP contribution is 2.15. The molecule has 7 nitrogen and oxygen atoms in total. The molecule has 0 radical (unpaired) electrons. The van der Waals surface area contributed by atoms with Gasteiger partial charge in [-0.15, -0.1) is 0 Å². The Morgan fingerprint density at radius 1 is 1.25 bits per heavy atom. The van der Waals surface area contributed by atoms with Crippen LogP contribution in [0.3, 0.4) is 0 Å². The van der Waals surface area contributed by atoms with Crippen LogP contribution in [-0.2, 0) is 19.1 Å². The van der Waals surface area contributed by atoms with Crippen molar-refractivity contribution in [3.05, 3.63) is 36.2 Å². The summed E-state index contributed by atoms with van der Waals surface area (Å²) in [4.78, 5) is 29.3. The summed E-state index contributed by atoms with van der Waals surface area (Å²) in [6.45, 7) is 1.01. The summed E-state index contributed by atoms with van der Waals surface area (Å²) in [7, 11) is 2.87. The van der Waals surface area contributed by atoms with Gasteiger partial charge in [-0.2, -0.15) is 0 Å². The van der Waals surface area contributed by atoms with Gasteiger partial charge in [0.05, 0.1) is 20.1 Å². The molecule has 24 heavy (non-hydrogen) atoms. The number of methoxy groups -OCH3 is 2. The Kier molecular flexibility index (Phi) is 6.51. The zero-order chi connectivity index (χ0) is 17.4. The van der Waals surface area contributed by atoms with E-state index in [1.165, 1.54) is 24.2 Å². The summed E-state index contributed by atoms with van der Waals surface area (Å²) in [6.07, 6.45) is 3.01. The van der Waals surface area contributed by atoms with Gasteiger partial charge in [0.15, 0.2) is 5.58 Å². The van der Waals surface area contributed by atoms with E-state index < -0.39 is 0 Å². The van der Waals surface area contributed by atoms with E-state index in [9.17, 15) is 9.59 Å². The van der Waals surface area contributed by atoms with Crippen molar-refractivity contribution in [2.24, 2.45) is 0 Å². The Morgan fingerprint density at radius 2 is 2.04 bits per heavy atom. The SMILES string of the molecule is COCCN(CCC(=O)OC)C(=O)/C=C/c1nc2ccccc2o1. The van der Waals surface area contributed by atoms with Crippen molar-refractivity contribution < 1.29 is 23.5 Å². The van der Waals surface area contributed by atoms with Crippen molar-refractivity contribution in [2.45, 2.75) is 6.42 Å². The number of carbonyl (C=O) groups is 2. The number of ether oxygens (including phenoxy) is 2. The van der Waals surface area contributed by atoms with Crippen LogP contribution in [-0.4, -0.2) is 55.7 Å². The van der Waals surface area contributed by atoms with Crippen LogP contribution < -0.4 is 0 Å². The third kappa shape index (κ3) is 4.92. The Hall–Kier alpha value is -2.67. The summed E-state index contributed by atoms with van der Waals surface area (Å²) in [5, 5.41) is 0. The van der Waals surface area contributed by atoms with Crippen molar-refractivity contribution in [2.75, 3.05) is 33.9 Å². The molecule has 0 spiro atoms. The summed E-state index contributed by atoms with van der Waals surface area (Å²) < 4.78 is 15.1. The molecule has 0 aliphatic carbocycles. The number of oxazole rings is 1. The van der Waals surface area contributed by atoms with Gasteiger partial charge in [0, 0.05) is 32.4 Å². The zero-order valence-electron chi connectivity index (χ0n) is 13.7. The molecule has 128 valence electrons. The average molecular weight is 332 g/mol. The predicted molar refractivity (Wildman–Crippen MR) is 88.1 cm³/mol. The van der Waals surface area contributed by atoms with Crippen LogP contribution in [0, 0.1) is 0 Å². The van der Waals surface area contributed by atoms with Crippen molar-refractivity contribution in [3.63, 3.8) is 0 Å². The lowest BCUT2D eigenvalue weighted by Gasteiger charge is -2.20. The number of para-hydroxylation sites is 2. The highest BCUT2D eigenvalue weighted by molar-refractivity contribution is 5.91. The van der Waals surface area contributed by atoms with Gasteiger partial charge in [-0.25, -0.2) is 4.98 Å². The zero-order valence-corrected chi connectivity index (χ0v) is 13.7. The summed E-state index contributed by atoms with van der Waals surface area (Å²) in [5.74, 6) is -0.268. The van der Waals surface area contributed by atoms with Gasteiger partial charge in [0.1, 0.15) is 5.52 Å². The van der Waals surface area contributed by atoms with Gasteiger partial charge in [-0.05, 0) is 12.1 Å². The molecule has 1 aromatic carbocycles. The number of hydrogen-bond acceptors (Lipinski definition) is 6. The number of fused-ring (bicyclic) bond motifs is 1. The van der Waals surface area contributed by atoms with Crippen LogP contribution in [0.15, 0.2) is 34.8 Å². The van der Waals surface area contributed by atoms with Gasteiger partial charge in [0.2, 0.25) is 11.8 Å². The van der Waals surface area contributed by atoms with E-state index in [0.29, 0.717) is 24.6 Å². The minimum Gasteiger partial charge on any atom is -0.469 e.